The van der Waals surface area contributed by atoms with Gasteiger partial charge >= 0.3 is 6.01 Å². The molecule has 3 aromatic rings. The van der Waals surface area contributed by atoms with Crippen LogP contribution in [-0.4, -0.2) is 26.7 Å². The molecule has 27 heavy (non-hydrogen) atoms. The number of rotatable bonds is 6. The standard InChI is InChI=1S/C21H26N4O2/c1-20(2,3)16-11-13-22-19(23-16)26-14-12-21(4,5)18-24-17(25-27-18)15-9-7-6-8-10-15/h6-11,13H,12,14H2,1-5H3. The van der Waals surface area contributed by atoms with Crippen molar-refractivity contribution in [3.05, 3.63) is 54.2 Å². The van der Waals surface area contributed by atoms with Gasteiger partial charge in [0.1, 0.15) is 0 Å². The van der Waals surface area contributed by atoms with Crippen LogP contribution in [-0.2, 0) is 10.8 Å². The minimum atomic E-state index is -0.318. The summed E-state index contributed by atoms with van der Waals surface area (Å²) in [6, 6.07) is 12.1. The third kappa shape index (κ3) is 4.70. The Hall–Kier alpha value is -2.76. The van der Waals surface area contributed by atoms with Gasteiger partial charge in [-0.15, -0.1) is 0 Å². The van der Waals surface area contributed by atoms with Crippen LogP contribution in [0.25, 0.3) is 11.4 Å². The van der Waals surface area contributed by atoms with Crippen molar-refractivity contribution in [2.24, 2.45) is 0 Å². The molecule has 6 nitrogen and oxygen atoms in total. The van der Waals surface area contributed by atoms with E-state index >= 15 is 0 Å². The summed E-state index contributed by atoms with van der Waals surface area (Å²) in [6.45, 7) is 10.9. The maximum Gasteiger partial charge on any atom is 0.316 e. The highest BCUT2D eigenvalue weighted by molar-refractivity contribution is 5.53. The van der Waals surface area contributed by atoms with E-state index in [2.05, 4.69) is 54.7 Å². The zero-order valence-corrected chi connectivity index (χ0v) is 16.6. The minimum absolute atomic E-state index is 0.0437. The van der Waals surface area contributed by atoms with Crippen molar-refractivity contribution in [1.82, 2.24) is 20.1 Å². The largest absolute Gasteiger partial charge is 0.463 e. The van der Waals surface area contributed by atoms with Gasteiger partial charge in [-0.2, -0.15) is 9.97 Å². The number of hydrogen-bond donors (Lipinski definition) is 0. The zero-order valence-electron chi connectivity index (χ0n) is 16.6. The van der Waals surface area contributed by atoms with E-state index in [4.69, 9.17) is 9.26 Å². The Balaban J connectivity index is 1.63. The molecule has 0 radical (unpaired) electrons. The summed E-state index contributed by atoms with van der Waals surface area (Å²) in [6.07, 6.45) is 2.44. The van der Waals surface area contributed by atoms with E-state index in [9.17, 15) is 0 Å². The fourth-order valence-corrected chi connectivity index (χ4v) is 2.54. The third-order valence-electron chi connectivity index (χ3n) is 4.40. The van der Waals surface area contributed by atoms with Gasteiger partial charge in [0.15, 0.2) is 0 Å². The molecule has 3 rings (SSSR count). The van der Waals surface area contributed by atoms with Crippen LogP contribution in [0.15, 0.2) is 47.1 Å². The zero-order chi connectivity index (χ0) is 19.5. The second-order valence-corrected chi connectivity index (χ2v) is 8.25. The lowest BCUT2D eigenvalue weighted by Gasteiger charge is -2.20. The quantitative estimate of drug-likeness (QED) is 0.636. The molecular weight excluding hydrogens is 340 g/mol. The Morgan fingerprint density at radius 1 is 0.963 bits per heavy atom. The van der Waals surface area contributed by atoms with Crippen molar-refractivity contribution >= 4 is 0 Å². The molecule has 1 aromatic carbocycles. The average Bonchev–Trinajstić information content (AvgIpc) is 3.13. The minimum Gasteiger partial charge on any atom is -0.463 e. The van der Waals surface area contributed by atoms with Crippen LogP contribution in [0.5, 0.6) is 6.01 Å². The van der Waals surface area contributed by atoms with Gasteiger partial charge in [0.25, 0.3) is 0 Å². The van der Waals surface area contributed by atoms with Crippen LogP contribution in [0.4, 0.5) is 0 Å². The Labute approximate surface area is 160 Å². The van der Waals surface area contributed by atoms with Gasteiger partial charge in [-0.3, -0.25) is 0 Å². The Bertz CT molecular complexity index is 882. The van der Waals surface area contributed by atoms with Gasteiger partial charge < -0.3 is 9.26 Å². The molecule has 0 unspecified atom stereocenters. The van der Waals surface area contributed by atoms with Gasteiger partial charge in [-0.1, -0.05) is 70.1 Å². The molecule has 0 spiro atoms. The van der Waals surface area contributed by atoms with Crippen LogP contribution < -0.4 is 4.74 Å². The smallest absolute Gasteiger partial charge is 0.316 e. The molecule has 0 saturated heterocycles. The van der Waals surface area contributed by atoms with E-state index < -0.39 is 0 Å². The van der Waals surface area contributed by atoms with Crippen molar-refractivity contribution in [3.8, 4) is 17.4 Å². The van der Waals surface area contributed by atoms with E-state index in [-0.39, 0.29) is 10.8 Å². The number of aromatic nitrogens is 4. The number of ether oxygens (including phenoxy) is 1. The molecule has 0 N–H and O–H groups in total. The predicted molar refractivity (Wildman–Crippen MR) is 104 cm³/mol. The first kappa shape index (κ1) is 19.0. The molecular formula is C21H26N4O2. The summed E-state index contributed by atoms with van der Waals surface area (Å²) in [4.78, 5) is 13.3. The molecule has 2 aromatic heterocycles. The van der Waals surface area contributed by atoms with Gasteiger partial charge in [-0.05, 0) is 12.5 Å². The monoisotopic (exact) mass is 366 g/mol. The molecule has 6 heteroatoms. The van der Waals surface area contributed by atoms with E-state index in [1.54, 1.807) is 6.20 Å². The van der Waals surface area contributed by atoms with Crippen LogP contribution >= 0.6 is 0 Å². The van der Waals surface area contributed by atoms with E-state index in [1.165, 1.54) is 0 Å². The van der Waals surface area contributed by atoms with Crippen LogP contribution in [0.1, 0.15) is 52.6 Å². The van der Waals surface area contributed by atoms with E-state index in [0.29, 0.717) is 30.8 Å². The lowest BCUT2D eigenvalue weighted by atomic mass is 9.89. The van der Waals surface area contributed by atoms with Crippen molar-refractivity contribution in [1.29, 1.82) is 0 Å². The molecule has 0 atom stereocenters. The van der Waals surface area contributed by atoms with Crippen molar-refractivity contribution in [2.75, 3.05) is 6.61 Å². The second-order valence-electron chi connectivity index (χ2n) is 8.25. The summed E-state index contributed by atoms with van der Waals surface area (Å²) < 4.78 is 11.3. The Morgan fingerprint density at radius 2 is 1.70 bits per heavy atom. The fraction of sp³-hybridized carbons (Fsp3) is 0.429. The fourth-order valence-electron chi connectivity index (χ4n) is 2.54. The second kappa shape index (κ2) is 7.47. The summed E-state index contributed by atoms with van der Waals surface area (Å²) in [5, 5.41) is 4.11. The van der Waals surface area contributed by atoms with Gasteiger partial charge in [0.05, 0.1) is 12.3 Å². The lowest BCUT2D eigenvalue weighted by molar-refractivity contribution is 0.224. The molecule has 142 valence electrons. The highest BCUT2D eigenvalue weighted by Crippen LogP contribution is 2.28. The van der Waals surface area contributed by atoms with Gasteiger partial charge in [0, 0.05) is 22.6 Å². The Kier molecular flexibility index (Phi) is 5.26. The van der Waals surface area contributed by atoms with Crippen molar-refractivity contribution < 1.29 is 9.26 Å². The summed E-state index contributed by atoms with van der Waals surface area (Å²) in [5.41, 5.74) is 1.53. The number of benzene rings is 1. The topological polar surface area (TPSA) is 73.9 Å². The number of nitrogens with zero attached hydrogens (tertiary/aromatic N) is 4. The first-order valence-corrected chi connectivity index (χ1v) is 9.12. The molecule has 0 amide bonds. The third-order valence-corrected chi connectivity index (χ3v) is 4.40. The molecule has 0 saturated carbocycles. The number of hydrogen-bond acceptors (Lipinski definition) is 6. The van der Waals surface area contributed by atoms with Crippen LogP contribution in [0.2, 0.25) is 0 Å². The molecule has 0 aliphatic heterocycles. The van der Waals surface area contributed by atoms with Crippen LogP contribution in [0, 0.1) is 0 Å². The lowest BCUT2D eigenvalue weighted by Crippen LogP contribution is -2.22. The first-order chi connectivity index (χ1) is 12.8. The molecule has 2 heterocycles. The molecule has 0 aliphatic rings. The molecule has 0 aliphatic carbocycles. The van der Waals surface area contributed by atoms with Crippen molar-refractivity contribution in [2.45, 2.75) is 51.9 Å². The normalized spacial score (nSPS) is 12.2. The first-order valence-electron chi connectivity index (χ1n) is 9.12. The van der Waals surface area contributed by atoms with E-state index in [1.807, 2.05) is 36.4 Å². The predicted octanol–water partition coefficient (Wildman–Crippen LogP) is 4.57. The van der Waals surface area contributed by atoms with Gasteiger partial charge in [0.2, 0.25) is 11.7 Å². The van der Waals surface area contributed by atoms with Crippen molar-refractivity contribution in [3.63, 3.8) is 0 Å². The average molecular weight is 366 g/mol. The summed E-state index contributed by atoms with van der Waals surface area (Å²) in [5.74, 6) is 1.19. The summed E-state index contributed by atoms with van der Waals surface area (Å²) in [7, 11) is 0. The Morgan fingerprint density at radius 3 is 2.41 bits per heavy atom. The maximum atomic E-state index is 5.78. The summed E-state index contributed by atoms with van der Waals surface area (Å²) >= 11 is 0. The SMILES string of the molecule is CC(C)(C)c1ccnc(OCCC(C)(C)c2nc(-c3ccccc3)no2)n1. The maximum absolute atomic E-state index is 5.78. The molecule has 0 fully saturated rings. The van der Waals surface area contributed by atoms with Gasteiger partial charge in [-0.25, -0.2) is 4.98 Å². The van der Waals surface area contributed by atoms with Crippen LogP contribution in [0.3, 0.4) is 0 Å². The highest BCUT2D eigenvalue weighted by Gasteiger charge is 2.28. The molecule has 0 bridgehead atoms. The highest BCUT2D eigenvalue weighted by atomic mass is 16.5. The van der Waals surface area contributed by atoms with E-state index in [0.717, 1.165) is 11.3 Å².